The van der Waals surface area contributed by atoms with Crippen molar-refractivity contribution in [2.75, 3.05) is 52.9 Å². The average Bonchev–Trinajstić information content (AvgIpc) is 1.74. The molecule has 0 aliphatic heterocycles. The summed E-state index contributed by atoms with van der Waals surface area (Å²) in [7, 11) is 0. The summed E-state index contributed by atoms with van der Waals surface area (Å²) in [4.78, 5) is 8.76. The van der Waals surface area contributed by atoms with Gasteiger partial charge in [-0.2, -0.15) is 0 Å². The minimum absolute atomic E-state index is 0.556. The largest absolute Gasteiger partial charge is 0.492 e. The maximum Gasteiger partial charge on any atom is 0.136 e. The summed E-state index contributed by atoms with van der Waals surface area (Å²) in [5.41, 5.74) is 6.04. The third kappa shape index (κ3) is 45.7. The first-order valence-corrected chi connectivity index (χ1v) is 58.0. The molecule has 0 fully saturated rings. The van der Waals surface area contributed by atoms with Crippen LogP contribution in [0.2, 0.25) is 0 Å². The third-order valence-corrected chi connectivity index (χ3v) is 28.9. The van der Waals surface area contributed by atoms with E-state index >= 15 is 0 Å². The maximum atomic E-state index is 6.81. The topological polar surface area (TPSA) is 73.8 Å². The first-order valence-electron chi connectivity index (χ1n) is 53.9. The predicted molar refractivity (Wildman–Crippen MR) is 602 cm³/mol. The third-order valence-electron chi connectivity index (χ3n) is 24.2. The van der Waals surface area contributed by atoms with Crippen LogP contribution in [-0.4, -0.2) is 52.9 Å². The van der Waals surface area contributed by atoms with Crippen LogP contribution in [0.1, 0.15) is 457 Å². The number of benzene rings is 4. The second-order valence-electron chi connectivity index (χ2n) is 36.4. The monoisotopic (exact) mass is 1980 g/mol. The standard InChI is InChI=1S/C128H156O8S5/c1-11-21-29-37-45-53-87-129-121-97-105(123(131-89-55-47-39-31-23-13-3)95-103(121)61-69-113-79-77-111(19-9)137-113)63-71-115-81-83-117(139-115)73-65-107-99-127(135-93-59-51-43-35-27-17-7)109(101-125(107)133-91-57-49-41-33-25-15-5)67-75-119-85-86-120(141-119)76-68-110-102-126(134-92-58-50-42-34-26-16-6)108(100-128(110)136-94-60-52-44-36-28-18-8)66-74-118-84-82-116(140-118)72-64-106-98-122(130-88-54-46-38-30-22-12-2)104(62-70-114-80-78-112(20-10)138-114)96-124(106)132-90-56-48-40-32-24-14-4/h9-10,77-86,95-102H,11-18,21-60,87-94H2,1-8H3. The van der Waals surface area contributed by atoms with Gasteiger partial charge in [0.15, 0.2) is 0 Å². The summed E-state index contributed by atoms with van der Waals surface area (Å²) in [6.45, 7) is 22.6. The molecule has 0 atom stereocenters. The molecule has 9 rings (SSSR count). The van der Waals surface area contributed by atoms with E-state index in [2.05, 4.69) is 198 Å². The molecule has 746 valence electrons. The van der Waals surface area contributed by atoms with E-state index in [4.69, 9.17) is 50.7 Å². The molecule has 9 aromatic rings. The molecule has 0 saturated heterocycles. The fraction of sp³-hybridized carbons (Fsp3) is 0.500. The molecule has 0 aliphatic rings. The SMILES string of the molecule is C#Cc1ccc(C#Cc2cc(OCCCCCCCC)c(C#Cc3ccc(C#Cc4cc(OCCCCCCCC)c(C#Cc5ccc(C#Cc6cc(OCCCCCCCC)c(C#Cc7ccc(C#Cc8cc(OCCCCCCCC)c(C#Cc9ccc(C#C)s9)cc8OCCCCCCCC)s7)cc6OCCCCCCCC)s5)cc4OCCCCCCCC)s3)cc2OCCCCCCCC)s1. The number of hydrogen-bond acceptors (Lipinski definition) is 13. The van der Waals surface area contributed by atoms with Crippen LogP contribution in [0.15, 0.2) is 109 Å². The average molecular weight is 1980 g/mol. The lowest BCUT2D eigenvalue weighted by Crippen LogP contribution is -2.03. The van der Waals surface area contributed by atoms with Crippen LogP contribution in [0.3, 0.4) is 0 Å². The summed E-state index contributed by atoms with van der Waals surface area (Å²) >= 11 is 7.72. The van der Waals surface area contributed by atoms with E-state index in [1.165, 1.54) is 228 Å². The number of unbranched alkanes of at least 4 members (excludes halogenated alkanes) is 40. The summed E-state index contributed by atoms with van der Waals surface area (Å²) in [5.74, 6) is 67.2. The van der Waals surface area contributed by atoms with Crippen molar-refractivity contribution >= 4 is 56.7 Å². The van der Waals surface area contributed by atoms with Gasteiger partial charge in [-0.05, 0) is 112 Å². The minimum atomic E-state index is 0.556. The lowest BCUT2D eigenvalue weighted by atomic mass is 10.1. The zero-order chi connectivity index (χ0) is 99.3. The normalized spacial score (nSPS) is 10.5. The van der Waals surface area contributed by atoms with E-state index in [1.54, 1.807) is 34.0 Å². The molecule has 8 nitrogen and oxygen atoms in total. The molecule has 0 saturated carbocycles. The van der Waals surface area contributed by atoms with Crippen molar-refractivity contribution in [3.05, 3.63) is 202 Å². The van der Waals surface area contributed by atoms with Gasteiger partial charge in [-0.25, -0.2) is 0 Å². The van der Waals surface area contributed by atoms with Crippen molar-refractivity contribution in [3.63, 3.8) is 0 Å². The Kier molecular flexibility index (Phi) is 58.0. The van der Waals surface area contributed by atoms with Gasteiger partial charge in [-0.3, -0.25) is 0 Å². The van der Waals surface area contributed by atoms with Gasteiger partial charge in [0.1, 0.15) is 46.0 Å². The van der Waals surface area contributed by atoms with E-state index in [1.807, 2.05) is 72.8 Å². The summed E-state index contributed by atoms with van der Waals surface area (Å²) < 4.78 is 53.8. The fourth-order valence-electron chi connectivity index (χ4n) is 15.9. The molecule has 141 heavy (non-hydrogen) atoms. The predicted octanol–water partition coefficient (Wildman–Crippen LogP) is 35.1. The number of thiophene rings is 5. The maximum absolute atomic E-state index is 6.81. The number of hydrogen-bond donors (Lipinski definition) is 0. The van der Waals surface area contributed by atoms with Gasteiger partial charge in [0, 0.05) is 48.5 Å². The Morgan fingerprint density at radius 3 is 0.390 bits per heavy atom. The van der Waals surface area contributed by atoms with Crippen LogP contribution >= 0.6 is 56.7 Å². The molecule has 5 aromatic heterocycles. The van der Waals surface area contributed by atoms with Crippen molar-refractivity contribution < 1.29 is 37.9 Å². The first kappa shape index (κ1) is 114. The fourth-order valence-corrected chi connectivity index (χ4v) is 19.4. The molecule has 4 aromatic carbocycles. The summed E-state index contributed by atoms with van der Waals surface area (Å²) in [6, 6.07) is 36.5. The Bertz CT molecular complexity index is 5450. The molecule has 0 spiro atoms. The minimum Gasteiger partial charge on any atom is -0.492 e. The Morgan fingerprint density at radius 2 is 0.270 bits per heavy atom. The molecule has 0 bridgehead atoms. The number of ether oxygens (including phenoxy) is 8. The zero-order valence-corrected chi connectivity index (χ0v) is 90.5. The van der Waals surface area contributed by atoms with Crippen LogP contribution in [0.5, 0.6) is 46.0 Å². The smallest absolute Gasteiger partial charge is 0.136 e. The van der Waals surface area contributed by atoms with E-state index in [-0.39, 0.29) is 0 Å². The highest BCUT2D eigenvalue weighted by Gasteiger charge is 2.19. The van der Waals surface area contributed by atoms with E-state index < -0.39 is 0 Å². The molecule has 0 N–H and O–H groups in total. The van der Waals surface area contributed by atoms with Gasteiger partial charge in [0.2, 0.25) is 0 Å². The van der Waals surface area contributed by atoms with Gasteiger partial charge in [-0.1, -0.05) is 419 Å². The molecule has 0 radical (unpaired) electrons. The highest BCUT2D eigenvalue weighted by Crippen LogP contribution is 2.37. The van der Waals surface area contributed by atoms with E-state index in [0.717, 1.165) is 196 Å². The molecule has 0 aliphatic carbocycles. The Labute approximate surface area is 872 Å². The lowest BCUT2D eigenvalue weighted by molar-refractivity contribution is 0.295. The van der Waals surface area contributed by atoms with Gasteiger partial charge in [0.05, 0.1) is 146 Å². The lowest BCUT2D eigenvalue weighted by Gasteiger charge is -2.14. The van der Waals surface area contributed by atoms with Gasteiger partial charge < -0.3 is 37.9 Å². The van der Waals surface area contributed by atoms with Gasteiger partial charge in [-0.15, -0.1) is 69.5 Å². The quantitative estimate of drug-likeness (QED) is 0.0276. The number of terminal acetylenes is 2. The second-order valence-corrected chi connectivity index (χ2v) is 41.8. The molecule has 0 unspecified atom stereocenters. The molecule has 0 amide bonds. The summed E-state index contributed by atoms with van der Waals surface area (Å²) in [6.07, 6.45) is 66.8. The van der Waals surface area contributed by atoms with E-state index in [9.17, 15) is 0 Å². The van der Waals surface area contributed by atoms with Crippen LogP contribution < -0.4 is 37.9 Å². The molecular formula is C128H156O8S5. The van der Waals surface area contributed by atoms with Crippen LogP contribution in [-0.2, 0) is 0 Å². The molecule has 5 heterocycles. The Balaban J connectivity index is 1.04. The highest BCUT2D eigenvalue weighted by atomic mass is 32.1. The van der Waals surface area contributed by atoms with E-state index in [0.29, 0.717) is 98.9 Å². The zero-order valence-electron chi connectivity index (χ0n) is 86.5. The van der Waals surface area contributed by atoms with Crippen LogP contribution in [0, 0.1) is 119 Å². The molecule has 13 heteroatoms. The van der Waals surface area contributed by atoms with Crippen molar-refractivity contribution in [3.8, 4) is 165 Å². The van der Waals surface area contributed by atoms with Crippen molar-refractivity contribution in [1.82, 2.24) is 0 Å². The van der Waals surface area contributed by atoms with Gasteiger partial charge in [0.25, 0.3) is 0 Å². The Morgan fingerprint density at radius 1 is 0.156 bits per heavy atom. The second kappa shape index (κ2) is 71.8. The van der Waals surface area contributed by atoms with Crippen LogP contribution in [0.4, 0.5) is 0 Å². The van der Waals surface area contributed by atoms with Gasteiger partial charge >= 0.3 is 0 Å². The van der Waals surface area contributed by atoms with Crippen molar-refractivity contribution in [2.45, 2.75) is 364 Å². The van der Waals surface area contributed by atoms with Crippen molar-refractivity contribution in [1.29, 1.82) is 0 Å². The van der Waals surface area contributed by atoms with Crippen molar-refractivity contribution in [2.24, 2.45) is 0 Å². The summed E-state index contributed by atoms with van der Waals surface area (Å²) in [5, 5.41) is 0. The Hall–Kier alpha value is -10.6. The first-order chi connectivity index (χ1) is 69.5. The molecular weight excluding hydrogens is 1830 g/mol. The number of rotatable bonds is 64. The van der Waals surface area contributed by atoms with Crippen LogP contribution in [0.25, 0.3) is 0 Å². The highest BCUT2D eigenvalue weighted by molar-refractivity contribution is 7.14.